The third kappa shape index (κ3) is 4.01. The number of amides is 1. The number of nitrogens with zero attached hydrogens (tertiary/aromatic N) is 2. The van der Waals surface area contributed by atoms with Crippen LogP contribution < -0.4 is 10.9 Å². The molecule has 2 N–H and O–H groups in total. The number of nitro groups is 2. The first kappa shape index (κ1) is 16.4. The second-order valence-corrected chi connectivity index (χ2v) is 5.22. The van der Waals surface area contributed by atoms with E-state index in [0.717, 1.165) is 18.2 Å². The summed E-state index contributed by atoms with van der Waals surface area (Å²) < 4.78 is 0.700. The van der Waals surface area contributed by atoms with Gasteiger partial charge in [0.15, 0.2) is 0 Å². The van der Waals surface area contributed by atoms with Gasteiger partial charge in [0.05, 0.1) is 15.9 Å². The van der Waals surface area contributed by atoms with Crippen molar-refractivity contribution < 1.29 is 14.6 Å². The minimum Gasteiger partial charge on any atom is -0.292 e. The summed E-state index contributed by atoms with van der Waals surface area (Å²) in [5.41, 5.74) is 4.03. The van der Waals surface area contributed by atoms with Crippen LogP contribution in [0.1, 0.15) is 10.4 Å². The molecule has 0 saturated heterocycles. The first-order valence-corrected chi connectivity index (χ1v) is 6.92. The van der Waals surface area contributed by atoms with E-state index in [4.69, 9.17) is 0 Å². The number of nitro benzene ring substituents is 2. The summed E-state index contributed by atoms with van der Waals surface area (Å²) in [5.74, 6) is -0.515. The van der Waals surface area contributed by atoms with Crippen molar-refractivity contribution in [1.29, 1.82) is 0 Å². The van der Waals surface area contributed by atoms with E-state index in [1.54, 1.807) is 24.3 Å². The fraction of sp³-hybridized carbons (Fsp3) is 0. The van der Waals surface area contributed by atoms with Crippen molar-refractivity contribution >= 4 is 38.9 Å². The SMILES string of the molecule is O=C(NNc1ccc([N+](=O)[O-])cc1[N+](=O)[O-])c1cccc(Br)c1. The lowest BCUT2D eigenvalue weighted by Gasteiger charge is -2.09. The van der Waals surface area contributed by atoms with Gasteiger partial charge in [-0.3, -0.25) is 35.9 Å². The minimum atomic E-state index is -0.777. The van der Waals surface area contributed by atoms with E-state index < -0.39 is 27.1 Å². The van der Waals surface area contributed by atoms with Crippen LogP contribution in [0.15, 0.2) is 46.9 Å². The van der Waals surface area contributed by atoms with Gasteiger partial charge in [-0.1, -0.05) is 22.0 Å². The Hall–Kier alpha value is -3.01. The maximum atomic E-state index is 12.0. The number of hydrogen-bond acceptors (Lipinski definition) is 6. The zero-order valence-electron chi connectivity index (χ0n) is 11.4. The number of non-ortho nitro benzene ring substituents is 1. The molecule has 0 radical (unpaired) electrons. The molecule has 0 heterocycles. The fourth-order valence-electron chi connectivity index (χ4n) is 1.72. The van der Waals surface area contributed by atoms with Crippen molar-refractivity contribution in [3.8, 4) is 0 Å². The summed E-state index contributed by atoms with van der Waals surface area (Å²) in [5, 5.41) is 21.6. The van der Waals surface area contributed by atoms with Crippen molar-refractivity contribution in [3.63, 3.8) is 0 Å². The van der Waals surface area contributed by atoms with Crippen molar-refractivity contribution in [2.75, 3.05) is 5.43 Å². The molecule has 0 fully saturated rings. The summed E-state index contributed by atoms with van der Waals surface area (Å²) in [4.78, 5) is 32.1. The smallest absolute Gasteiger partial charge is 0.292 e. The molecular formula is C13H9BrN4O5. The van der Waals surface area contributed by atoms with Crippen LogP contribution >= 0.6 is 15.9 Å². The standard InChI is InChI=1S/C13H9BrN4O5/c14-9-3-1-2-8(6-9)13(19)16-15-11-5-4-10(17(20)21)7-12(11)18(22)23/h1-7,15H,(H,16,19). The molecule has 0 aliphatic rings. The predicted octanol–water partition coefficient (Wildman–Crippen LogP) is 3.02. The second kappa shape index (κ2) is 6.83. The van der Waals surface area contributed by atoms with Crippen LogP contribution in [0.4, 0.5) is 17.1 Å². The molecule has 2 aromatic rings. The summed E-state index contributed by atoms with van der Waals surface area (Å²) in [6.07, 6.45) is 0. The zero-order chi connectivity index (χ0) is 17.0. The van der Waals surface area contributed by atoms with Crippen LogP contribution in [-0.4, -0.2) is 15.8 Å². The molecule has 10 heteroatoms. The summed E-state index contributed by atoms with van der Waals surface area (Å²) in [6, 6.07) is 9.59. The molecule has 9 nitrogen and oxygen atoms in total. The highest BCUT2D eigenvalue weighted by molar-refractivity contribution is 9.10. The number of carbonyl (C=O) groups excluding carboxylic acids is 1. The Morgan fingerprint density at radius 1 is 1.04 bits per heavy atom. The van der Waals surface area contributed by atoms with E-state index in [9.17, 15) is 25.0 Å². The molecule has 23 heavy (non-hydrogen) atoms. The van der Waals surface area contributed by atoms with Gasteiger partial charge in [-0.25, -0.2) is 0 Å². The van der Waals surface area contributed by atoms with E-state index >= 15 is 0 Å². The van der Waals surface area contributed by atoms with Gasteiger partial charge in [0.1, 0.15) is 5.69 Å². The maximum absolute atomic E-state index is 12.0. The minimum absolute atomic E-state index is 0.0658. The predicted molar refractivity (Wildman–Crippen MR) is 85.0 cm³/mol. The third-order valence-corrected chi connectivity index (χ3v) is 3.28. The number of carbonyl (C=O) groups is 1. The van der Waals surface area contributed by atoms with Gasteiger partial charge >= 0.3 is 5.69 Å². The Morgan fingerprint density at radius 3 is 2.39 bits per heavy atom. The normalized spacial score (nSPS) is 9.96. The monoisotopic (exact) mass is 380 g/mol. The van der Waals surface area contributed by atoms with E-state index in [1.807, 2.05) is 0 Å². The first-order chi connectivity index (χ1) is 10.9. The van der Waals surface area contributed by atoms with E-state index in [1.165, 1.54) is 0 Å². The Morgan fingerprint density at radius 2 is 1.78 bits per heavy atom. The Labute approximate surface area is 137 Å². The fourth-order valence-corrected chi connectivity index (χ4v) is 2.12. The number of hydrogen-bond donors (Lipinski definition) is 2. The number of benzene rings is 2. The van der Waals surface area contributed by atoms with Crippen molar-refractivity contribution in [2.24, 2.45) is 0 Å². The zero-order valence-corrected chi connectivity index (χ0v) is 12.9. The molecule has 1 amide bonds. The first-order valence-electron chi connectivity index (χ1n) is 6.13. The van der Waals surface area contributed by atoms with Gasteiger partial charge in [-0.2, -0.15) is 0 Å². The van der Waals surface area contributed by atoms with Gasteiger partial charge in [0, 0.05) is 16.1 Å². The largest absolute Gasteiger partial charge is 0.300 e. The van der Waals surface area contributed by atoms with Gasteiger partial charge in [-0.15, -0.1) is 0 Å². The number of nitrogens with one attached hydrogen (secondary N) is 2. The lowest BCUT2D eigenvalue weighted by molar-refractivity contribution is -0.393. The number of hydrazine groups is 1. The number of anilines is 1. The van der Waals surface area contributed by atoms with Crippen LogP contribution in [0, 0.1) is 20.2 Å². The molecule has 0 aromatic heterocycles. The van der Waals surface area contributed by atoms with Gasteiger partial charge < -0.3 is 0 Å². The topological polar surface area (TPSA) is 127 Å². The molecule has 0 spiro atoms. The van der Waals surface area contributed by atoms with Crippen molar-refractivity contribution in [1.82, 2.24) is 5.43 Å². The number of halogens is 1. The molecule has 0 atom stereocenters. The van der Waals surface area contributed by atoms with E-state index in [2.05, 4.69) is 26.8 Å². The molecule has 0 bridgehead atoms. The van der Waals surface area contributed by atoms with E-state index in [-0.39, 0.29) is 5.69 Å². The highest BCUT2D eigenvalue weighted by atomic mass is 79.9. The summed E-state index contributed by atoms with van der Waals surface area (Å²) >= 11 is 3.23. The van der Waals surface area contributed by atoms with Gasteiger partial charge in [0.2, 0.25) is 0 Å². The Balaban J connectivity index is 2.18. The summed E-state index contributed by atoms with van der Waals surface area (Å²) in [6.45, 7) is 0. The quantitative estimate of drug-likeness (QED) is 0.605. The molecular weight excluding hydrogens is 372 g/mol. The molecule has 2 rings (SSSR count). The second-order valence-electron chi connectivity index (χ2n) is 4.31. The average Bonchev–Trinajstić information content (AvgIpc) is 2.52. The maximum Gasteiger partial charge on any atom is 0.300 e. The van der Waals surface area contributed by atoms with Crippen LogP contribution in [0.2, 0.25) is 0 Å². The van der Waals surface area contributed by atoms with Gasteiger partial charge in [0.25, 0.3) is 11.6 Å². The van der Waals surface area contributed by atoms with Crippen LogP contribution in [0.5, 0.6) is 0 Å². The molecule has 2 aromatic carbocycles. The van der Waals surface area contributed by atoms with Gasteiger partial charge in [-0.05, 0) is 24.3 Å². The average molecular weight is 381 g/mol. The molecule has 0 aliphatic carbocycles. The highest BCUT2D eigenvalue weighted by Gasteiger charge is 2.19. The van der Waals surface area contributed by atoms with Crippen molar-refractivity contribution in [3.05, 3.63) is 72.7 Å². The lowest BCUT2D eigenvalue weighted by atomic mass is 10.2. The Kier molecular flexibility index (Phi) is 4.86. The van der Waals surface area contributed by atoms with Crippen LogP contribution in [0.25, 0.3) is 0 Å². The molecule has 0 saturated carbocycles. The number of rotatable bonds is 5. The lowest BCUT2D eigenvalue weighted by Crippen LogP contribution is -2.29. The van der Waals surface area contributed by atoms with Crippen LogP contribution in [0.3, 0.4) is 0 Å². The highest BCUT2D eigenvalue weighted by Crippen LogP contribution is 2.28. The van der Waals surface area contributed by atoms with Crippen LogP contribution in [-0.2, 0) is 0 Å². The Bertz CT molecular complexity index is 796. The third-order valence-electron chi connectivity index (χ3n) is 2.79. The van der Waals surface area contributed by atoms with E-state index in [0.29, 0.717) is 10.0 Å². The summed E-state index contributed by atoms with van der Waals surface area (Å²) in [7, 11) is 0. The molecule has 0 unspecified atom stereocenters. The molecule has 0 aliphatic heterocycles. The molecule has 118 valence electrons. The van der Waals surface area contributed by atoms with Crippen molar-refractivity contribution in [2.45, 2.75) is 0 Å².